The summed E-state index contributed by atoms with van der Waals surface area (Å²) >= 11 is 1.51. The van der Waals surface area contributed by atoms with E-state index in [1.54, 1.807) is 0 Å². The third-order valence-corrected chi connectivity index (χ3v) is 5.09. The number of aryl methyl sites for hydroxylation is 2. The second-order valence-corrected chi connectivity index (χ2v) is 7.02. The zero-order valence-corrected chi connectivity index (χ0v) is 14.3. The lowest BCUT2D eigenvalue weighted by Crippen LogP contribution is -2.14. The zero-order chi connectivity index (χ0) is 16.7. The van der Waals surface area contributed by atoms with Gasteiger partial charge in [-0.1, -0.05) is 35.6 Å². The van der Waals surface area contributed by atoms with Gasteiger partial charge in [-0.05, 0) is 43.2 Å². The highest BCUT2D eigenvalue weighted by Gasteiger charge is 2.14. The molecule has 4 nitrogen and oxygen atoms in total. The molecule has 2 aromatic carbocycles. The van der Waals surface area contributed by atoms with Gasteiger partial charge in [0.15, 0.2) is 5.13 Å². The van der Waals surface area contributed by atoms with E-state index < -0.39 is 0 Å². The van der Waals surface area contributed by atoms with Crippen LogP contribution in [-0.2, 0) is 11.2 Å². The van der Waals surface area contributed by atoms with E-state index in [9.17, 15) is 4.79 Å². The summed E-state index contributed by atoms with van der Waals surface area (Å²) in [4.78, 5) is 20.3. The molecule has 0 saturated heterocycles. The molecule has 0 atom stereocenters. The number of aromatic amines is 1. The third kappa shape index (κ3) is 2.67. The van der Waals surface area contributed by atoms with E-state index in [0.29, 0.717) is 11.6 Å². The number of aromatic nitrogens is 2. The number of H-pyrrole nitrogens is 1. The van der Waals surface area contributed by atoms with E-state index in [2.05, 4.69) is 28.3 Å². The van der Waals surface area contributed by atoms with E-state index in [-0.39, 0.29) is 5.91 Å². The number of fused-ring (bicyclic) bond motifs is 2. The smallest absolute Gasteiger partial charge is 0.230 e. The first-order valence-electron chi connectivity index (χ1n) is 7.83. The number of benzene rings is 2. The molecule has 120 valence electrons. The molecule has 0 aliphatic heterocycles. The molecule has 0 aliphatic rings. The average molecular weight is 335 g/mol. The maximum absolute atomic E-state index is 12.5. The minimum atomic E-state index is -0.0429. The van der Waals surface area contributed by atoms with Crippen LogP contribution in [0.25, 0.3) is 21.1 Å². The van der Waals surface area contributed by atoms with Gasteiger partial charge in [-0.15, -0.1) is 0 Å². The minimum absolute atomic E-state index is 0.0429. The van der Waals surface area contributed by atoms with Crippen molar-refractivity contribution in [3.8, 4) is 0 Å². The van der Waals surface area contributed by atoms with Crippen LogP contribution in [0.5, 0.6) is 0 Å². The standard InChI is InChI=1S/C19H17N3OS/c1-11-7-8-16-17(9-11)24-19(21-16)22-18(23)10-14-12(2)20-15-6-4-3-5-13(14)15/h3-9,20H,10H2,1-2H3,(H,21,22,23). The molecular formula is C19H17N3OS. The molecule has 2 N–H and O–H groups in total. The van der Waals surface area contributed by atoms with E-state index in [4.69, 9.17) is 0 Å². The summed E-state index contributed by atoms with van der Waals surface area (Å²) < 4.78 is 1.09. The summed E-state index contributed by atoms with van der Waals surface area (Å²) in [6.07, 6.45) is 0.338. The molecule has 2 heterocycles. The summed E-state index contributed by atoms with van der Waals surface area (Å²) in [5, 5.41) is 4.69. The highest BCUT2D eigenvalue weighted by atomic mass is 32.1. The normalized spacial score (nSPS) is 11.2. The van der Waals surface area contributed by atoms with Gasteiger partial charge in [0.25, 0.3) is 0 Å². The molecule has 1 amide bonds. The van der Waals surface area contributed by atoms with Crippen molar-refractivity contribution in [3.05, 3.63) is 59.3 Å². The van der Waals surface area contributed by atoms with Gasteiger partial charge in [0.1, 0.15) is 0 Å². The van der Waals surface area contributed by atoms with Crippen molar-refractivity contribution in [2.75, 3.05) is 5.32 Å². The van der Waals surface area contributed by atoms with Crippen molar-refractivity contribution >= 4 is 43.5 Å². The second-order valence-electron chi connectivity index (χ2n) is 5.99. The van der Waals surface area contributed by atoms with E-state index in [0.717, 1.165) is 32.4 Å². The Morgan fingerprint density at radius 3 is 2.92 bits per heavy atom. The van der Waals surface area contributed by atoms with Crippen LogP contribution >= 0.6 is 11.3 Å². The number of nitrogens with one attached hydrogen (secondary N) is 2. The lowest BCUT2D eigenvalue weighted by molar-refractivity contribution is -0.115. The summed E-state index contributed by atoms with van der Waals surface area (Å²) in [6, 6.07) is 14.2. The lowest BCUT2D eigenvalue weighted by Gasteiger charge is -2.02. The summed E-state index contributed by atoms with van der Waals surface area (Å²) in [7, 11) is 0. The summed E-state index contributed by atoms with van der Waals surface area (Å²) in [5.41, 5.74) is 5.25. The molecule has 0 spiro atoms. The number of hydrogen-bond acceptors (Lipinski definition) is 3. The van der Waals surface area contributed by atoms with E-state index >= 15 is 0 Å². The number of anilines is 1. The molecule has 4 aromatic rings. The molecule has 0 bridgehead atoms. The molecule has 0 saturated carbocycles. The molecule has 0 radical (unpaired) electrons. The van der Waals surface area contributed by atoms with Crippen molar-refractivity contribution in [1.29, 1.82) is 0 Å². The topological polar surface area (TPSA) is 57.8 Å². The SMILES string of the molecule is Cc1ccc2nc(NC(=O)Cc3c(C)[nH]c4ccccc34)sc2c1. The predicted molar refractivity (Wildman–Crippen MR) is 99.7 cm³/mol. The molecule has 5 heteroatoms. The van der Waals surface area contributed by atoms with Gasteiger partial charge in [0, 0.05) is 16.6 Å². The van der Waals surface area contributed by atoms with E-state index in [1.165, 1.54) is 16.9 Å². The first kappa shape index (κ1) is 14.9. The minimum Gasteiger partial charge on any atom is -0.358 e. The van der Waals surface area contributed by atoms with Crippen molar-refractivity contribution in [2.24, 2.45) is 0 Å². The number of carbonyl (C=O) groups is 1. The summed E-state index contributed by atoms with van der Waals surface area (Å²) in [5.74, 6) is -0.0429. The van der Waals surface area contributed by atoms with Gasteiger partial charge in [-0.2, -0.15) is 0 Å². The molecule has 0 unspecified atom stereocenters. The Kier molecular flexibility index (Phi) is 3.58. The fourth-order valence-electron chi connectivity index (χ4n) is 2.97. The number of para-hydroxylation sites is 1. The first-order valence-corrected chi connectivity index (χ1v) is 8.65. The van der Waals surface area contributed by atoms with E-state index in [1.807, 2.05) is 43.3 Å². The van der Waals surface area contributed by atoms with Crippen LogP contribution in [0.3, 0.4) is 0 Å². The fraction of sp³-hybridized carbons (Fsp3) is 0.158. The Morgan fingerprint density at radius 1 is 1.21 bits per heavy atom. The highest BCUT2D eigenvalue weighted by molar-refractivity contribution is 7.22. The highest BCUT2D eigenvalue weighted by Crippen LogP contribution is 2.27. The lowest BCUT2D eigenvalue weighted by atomic mass is 10.1. The van der Waals surface area contributed by atoms with Crippen molar-refractivity contribution in [2.45, 2.75) is 20.3 Å². The number of rotatable bonds is 3. The van der Waals surface area contributed by atoms with Crippen LogP contribution in [-0.4, -0.2) is 15.9 Å². The number of nitrogens with zero attached hydrogens (tertiary/aromatic N) is 1. The van der Waals surface area contributed by atoms with Crippen LogP contribution < -0.4 is 5.32 Å². The number of hydrogen-bond donors (Lipinski definition) is 2. The molecule has 0 aliphatic carbocycles. The average Bonchev–Trinajstić information content (AvgIpc) is 3.07. The Morgan fingerprint density at radius 2 is 2.04 bits per heavy atom. The molecule has 2 aromatic heterocycles. The van der Waals surface area contributed by atoms with Crippen LogP contribution in [0.2, 0.25) is 0 Å². The largest absolute Gasteiger partial charge is 0.358 e. The van der Waals surface area contributed by atoms with Crippen molar-refractivity contribution in [1.82, 2.24) is 9.97 Å². The Balaban J connectivity index is 1.58. The number of carbonyl (C=O) groups excluding carboxylic acids is 1. The molecule has 4 rings (SSSR count). The fourth-order valence-corrected chi connectivity index (χ4v) is 3.95. The molecule has 24 heavy (non-hydrogen) atoms. The Bertz CT molecular complexity index is 1060. The third-order valence-electron chi connectivity index (χ3n) is 4.15. The van der Waals surface area contributed by atoms with Crippen LogP contribution in [0.1, 0.15) is 16.8 Å². The van der Waals surface area contributed by atoms with Crippen LogP contribution in [0.4, 0.5) is 5.13 Å². The van der Waals surface area contributed by atoms with Gasteiger partial charge in [-0.3, -0.25) is 4.79 Å². The van der Waals surface area contributed by atoms with Crippen LogP contribution in [0, 0.1) is 13.8 Å². The monoisotopic (exact) mass is 335 g/mol. The summed E-state index contributed by atoms with van der Waals surface area (Å²) in [6.45, 7) is 4.06. The quantitative estimate of drug-likeness (QED) is 0.576. The molecule has 0 fully saturated rings. The number of thiazole rings is 1. The van der Waals surface area contributed by atoms with Crippen molar-refractivity contribution < 1.29 is 4.79 Å². The van der Waals surface area contributed by atoms with Gasteiger partial charge in [-0.25, -0.2) is 4.98 Å². The van der Waals surface area contributed by atoms with Gasteiger partial charge in [0.2, 0.25) is 5.91 Å². The Hall–Kier alpha value is -2.66. The zero-order valence-electron chi connectivity index (χ0n) is 13.5. The second kappa shape index (κ2) is 5.76. The van der Waals surface area contributed by atoms with Gasteiger partial charge in [0.05, 0.1) is 16.6 Å². The van der Waals surface area contributed by atoms with Gasteiger partial charge >= 0.3 is 0 Å². The molecular weight excluding hydrogens is 318 g/mol. The predicted octanol–water partition coefficient (Wildman–Crippen LogP) is 4.58. The first-order chi connectivity index (χ1) is 11.6. The maximum Gasteiger partial charge on any atom is 0.230 e. The van der Waals surface area contributed by atoms with Gasteiger partial charge < -0.3 is 10.3 Å². The number of amides is 1. The van der Waals surface area contributed by atoms with Crippen molar-refractivity contribution in [3.63, 3.8) is 0 Å². The van der Waals surface area contributed by atoms with Crippen LogP contribution in [0.15, 0.2) is 42.5 Å². The maximum atomic E-state index is 12.5. The Labute approximate surface area is 143 Å².